The van der Waals surface area contributed by atoms with Crippen LogP contribution in [0.4, 0.5) is 0 Å². The van der Waals surface area contributed by atoms with Crippen LogP contribution in [-0.2, 0) is 11.2 Å². The average Bonchev–Trinajstić information content (AvgIpc) is 2.87. The van der Waals surface area contributed by atoms with Crippen molar-refractivity contribution in [3.05, 3.63) is 64.3 Å². The van der Waals surface area contributed by atoms with Gasteiger partial charge >= 0.3 is 0 Å². The molecule has 0 radical (unpaired) electrons. The molecule has 1 amide bonds. The Kier molecular flexibility index (Phi) is 5.12. The fourth-order valence-electron chi connectivity index (χ4n) is 2.98. The van der Waals surface area contributed by atoms with Gasteiger partial charge in [-0.25, -0.2) is 4.99 Å². The van der Waals surface area contributed by atoms with Crippen LogP contribution in [0.2, 0.25) is 5.02 Å². The van der Waals surface area contributed by atoms with Crippen LogP contribution < -0.4 is 14.8 Å². The lowest BCUT2D eigenvalue weighted by molar-refractivity contribution is -0.115. The molecule has 0 saturated heterocycles. The second-order valence-corrected chi connectivity index (χ2v) is 6.86. The molecule has 5 nitrogen and oxygen atoms in total. The molecular weight excluding hydrogens is 364 g/mol. The second-order valence-electron chi connectivity index (χ2n) is 6.43. The summed E-state index contributed by atoms with van der Waals surface area (Å²) in [5, 5.41) is 3.55. The molecule has 0 saturated carbocycles. The molecule has 0 aromatic heterocycles. The van der Waals surface area contributed by atoms with Crippen molar-refractivity contribution < 1.29 is 14.3 Å². The van der Waals surface area contributed by atoms with E-state index in [0.717, 1.165) is 29.7 Å². The van der Waals surface area contributed by atoms with Crippen LogP contribution in [0.3, 0.4) is 0 Å². The summed E-state index contributed by atoms with van der Waals surface area (Å²) in [5.41, 5.74) is 2.40. The number of aryl methyl sites for hydroxylation is 1. The Hall–Kier alpha value is -2.79. The first-order valence-electron chi connectivity index (χ1n) is 8.92. The van der Waals surface area contributed by atoms with E-state index < -0.39 is 0 Å². The van der Waals surface area contributed by atoms with E-state index in [1.54, 1.807) is 6.08 Å². The molecule has 0 aliphatic carbocycles. The second kappa shape index (κ2) is 7.84. The molecule has 0 fully saturated rings. The Labute approximate surface area is 162 Å². The number of aliphatic imine (C=N–C) groups is 1. The number of nitrogens with one attached hydrogen (secondary N) is 1. The molecule has 6 heteroatoms. The van der Waals surface area contributed by atoms with Gasteiger partial charge < -0.3 is 14.8 Å². The highest BCUT2D eigenvalue weighted by Crippen LogP contribution is 2.31. The van der Waals surface area contributed by atoms with Crippen molar-refractivity contribution in [2.75, 3.05) is 13.2 Å². The summed E-state index contributed by atoms with van der Waals surface area (Å²) in [7, 11) is 0. The quantitative estimate of drug-likeness (QED) is 0.813. The van der Waals surface area contributed by atoms with Gasteiger partial charge in [0.15, 0.2) is 11.5 Å². The molecule has 2 aromatic carbocycles. The van der Waals surface area contributed by atoms with Crippen molar-refractivity contribution in [2.24, 2.45) is 4.99 Å². The van der Waals surface area contributed by atoms with Gasteiger partial charge in [0, 0.05) is 17.9 Å². The van der Waals surface area contributed by atoms with Gasteiger partial charge in [-0.3, -0.25) is 4.79 Å². The van der Waals surface area contributed by atoms with Crippen molar-refractivity contribution in [3.63, 3.8) is 0 Å². The number of hydrogen-bond acceptors (Lipinski definition) is 4. The lowest BCUT2D eigenvalue weighted by atomic mass is 10.1. The lowest BCUT2D eigenvalue weighted by Gasteiger charge is -2.07. The number of halogens is 1. The van der Waals surface area contributed by atoms with Crippen molar-refractivity contribution >= 4 is 29.4 Å². The number of fused-ring (bicyclic) bond motifs is 1. The van der Waals surface area contributed by atoms with E-state index in [4.69, 9.17) is 21.1 Å². The Morgan fingerprint density at radius 2 is 1.81 bits per heavy atom. The molecule has 27 heavy (non-hydrogen) atoms. The van der Waals surface area contributed by atoms with Crippen LogP contribution in [-0.4, -0.2) is 25.0 Å². The summed E-state index contributed by atoms with van der Waals surface area (Å²) >= 11 is 5.90. The van der Waals surface area contributed by atoms with Crippen molar-refractivity contribution in [1.29, 1.82) is 0 Å². The molecule has 1 N–H and O–H groups in total. The van der Waals surface area contributed by atoms with Gasteiger partial charge in [0.2, 0.25) is 0 Å². The molecule has 2 aliphatic rings. The number of rotatable bonds is 4. The summed E-state index contributed by atoms with van der Waals surface area (Å²) < 4.78 is 11.3. The normalized spacial score (nSPS) is 17.4. The average molecular weight is 383 g/mol. The number of ether oxygens (including phenoxy) is 2. The molecule has 2 aromatic rings. The van der Waals surface area contributed by atoms with Gasteiger partial charge in [0.1, 0.15) is 11.5 Å². The first kappa shape index (κ1) is 17.6. The third-order valence-electron chi connectivity index (χ3n) is 4.38. The topological polar surface area (TPSA) is 59.9 Å². The molecule has 2 aliphatic heterocycles. The van der Waals surface area contributed by atoms with Gasteiger partial charge in [-0.2, -0.15) is 0 Å². The van der Waals surface area contributed by atoms with Crippen molar-refractivity contribution in [2.45, 2.75) is 19.3 Å². The summed E-state index contributed by atoms with van der Waals surface area (Å²) in [6.07, 6.45) is 4.06. The van der Waals surface area contributed by atoms with E-state index in [-0.39, 0.29) is 5.91 Å². The van der Waals surface area contributed by atoms with E-state index in [1.807, 2.05) is 42.5 Å². The van der Waals surface area contributed by atoms with Crippen molar-refractivity contribution in [1.82, 2.24) is 5.32 Å². The zero-order valence-corrected chi connectivity index (χ0v) is 15.5. The van der Waals surface area contributed by atoms with Crippen LogP contribution in [0, 0.1) is 0 Å². The maximum Gasteiger partial charge on any atom is 0.275 e. The summed E-state index contributed by atoms with van der Waals surface area (Å²) in [4.78, 5) is 16.7. The third-order valence-corrected chi connectivity index (χ3v) is 4.64. The number of hydrogen-bond donors (Lipinski definition) is 1. The molecule has 4 rings (SSSR count). The fraction of sp³-hybridized carbons (Fsp3) is 0.238. The fourth-order valence-corrected chi connectivity index (χ4v) is 3.10. The lowest BCUT2D eigenvalue weighted by Crippen LogP contribution is -2.24. The van der Waals surface area contributed by atoms with Gasteiger partial charge in [0.25, 0.3) is 5.91 Å². The minimum Gasteiger partial charge on any atom is -0.490 e. The van der Waals surface area contributed by atoms with Gasteiger partial charge in [-0.05, 0) is 47.9 Å². The number of benzene rings is 2. The predicted octanol–water partition coefficient (Wildman–Crippen LogP) is 4.00. The summed E-state index contributed by atoms with van der Waals surface area (Å²) in [5.74, 6) is 1.92. The summed E-state index contributed by atoms with van der Waals surface area (Å²) in [6.45, 7) is 1.28. The smallest absolute Gasteiger partial charge is 0.275 e. The van der Waals surface area contributed by atoms with E-state index >= 15 is 0 Å². The maximum atomic E-state index is 12.2. The predicted molar refractivity (Wildman–Crippen MR) is 105 cm³/mol. The van der Waals surface area contributed by atoms with Gasteiger partial charge in [-0.15, -0.1) is 0 Å². The highest BCUT2D eigenvalue weighted by Gasteiger charge is 2.20. The number of carbonyl (C=O) groups is 1. The summed E-state index contributed by atoms with van der Waals surface area (Å²) in [6, 6.07) is 13.3. The Morgan fingerprint density at radius 1 is 1.04 bits per heavy atom. The molecule has 0 spiro atoms. The number of amidine groups is 1. The van der Waals surface area contributed by atoms with Crippen LogP contribution in [0.25, 0.3) is 6.08 Å². The number of nitrogens with zero attached hydrogens (tertiary/aromatic N) is 1. The largest absolute Gasteiger partial charge is 0.490 e. The van der Waals surface area contributed by atoms with Crippen LogP contribution >= 0.6 is 11.6 Å². The van der Waals surface area contributed by atoms with Gasteiger partial charge in [0.05, 0.1) is 13.2 Å². The minimum absolute atomic E-state index is 0.187. The highest BCUT2D eigenvalue weighted by atomic mass is 35.5. The standard InChI is InChI=1S/C21H19ClN2O3/c22-16-6-2-14(3-7-16)5-9-20-23-17(21(25)24-20)12-15-4-8-18-19(13-15)27-11-1-10-26-18/h2-4,6-8,12-13H,1,5,9-11H2,(H,23,24,25)/b17-12+. The minimum atomic E-state index is -0.187. The first-order chi connectivity index (χ1) is 13.2. The number of carbonyl (C=O) groups excluding carboxylic acids is 1. The van der Waals surface area contributed by atoms with E-state index in [1.165, 1.54) is 0 Å². The SMILES string of the molecule is O=C1NC(CCc2ccc(Cl)cc2)=N/C1=C/c1ccc2c(c1)OCCCO2. The third kappa shape index (κ3) is 4.31. The van der Waals surface area contributed by atoms with Gasteiger partial charge in [-0.1, -0.05) is 29.8 Å². The molecule has 0 bridgehead atoms. The Balaban J connectivity index is 1.47. The zero-order valence-electron chi connectivity index (χ0n) is 14.7. The Morgan fingerprint density at radius 3 is 2.63 bits per heavy atom. The Bertz CT molecular complexity index is 920. The zero-order chi connectivity index (χ0) is 18.6. The maximum absolute atomic E-state index is 12.2. The van der Waals surface area contributed by atoms with E-state index in [9.17, 15) is 4.79 Å². The molecule has 0 atom stereocenters. The molecule has 0 unspecified atom stereocenters. The van der Waals surface area contributed by atoms with Crippen LogP contribution in [0.1, 0.15) is 24.0 Å². The molecule has 2 heterocycles. The van der Waals surface area contributed by atoms with Crippen LogP contribution in [0.5, 0.6) is 11.5 Å². The monoisotopic (exact) mass is 382 g/mol. The van der Waals surface area contributed by atoms with E-state index in [0.29, 0.717) is 41.9 Å². The molecule has 138 valence electrons. The molecular formula is C21H19ClN2O3. The first-order valence-corrected chi connectivity index (χ1v) is 9.30. The highest BCUT2D eigenvalue weighted by molar-refractivity contribution is 6.30. The van der Waals surface area contributed by atoms with E-state index in [2.05, 4.69) is 10.3 Å². The number of amides is 1. The van der Waals surface area contributed by atoms with Crippen LogP contribution in [0.15, 0.2) is 53.2 Å². The van der Waals surface area contributed by atoms with Crippen molar-refractivity contribution in [3.8, 4) is 11.5 Å².